The fourth-order valence-electron chi connectivity index (χ4n) is 4.35. The first-order chi connectivity index (χ1) is 19.1. The van der Waals surface area contributed by atoms with Crippen LogP contribution in [0.1, 0.15) is 58.6 Å². The Labute approximate surface area is 235 Å². The molecule has 0 bridgehead atoms. The highest BCUT2D eigenvalue weighted by molar-refractivity contribution is 6.53. The third-order valence-corrected chi connectivity index (χ3v) is 6.64. The molecule has 4 rings (SSSR count). The number of rotatable bonds is 10. The molecule has 0 fully saturated rings. The second-order valence-corrected chi connectivity index (χ2v) is 9.78. The molecule has 40 heavy (non-hydrogen) atoms. The number of halogens is 2. The number of aryl methyl sites for hydroxylation is 1. The van der Waals surface area contributed by atoms with E-state index in [1.165, 1.54) is 24.4 Å². The van der Waals surface area contributed by atoms with E-state index < -0.39 is 11.7 Å². The summed E-state index contributed by atoms with van der Waals surface area (Å²) in [5.41, 5.74) is 10.0. The van der Waals surface area contributed by atoms with Crippen molar-refractivity contribution in [1.29, 1.82) is 0 Å². The quantitative estimate of drug-likeness (QED) is 0.104. The Bertz CT molecular complexity index is 1530. The highest BCUT2D eigenvalue weighted by atomic mass is 35.5. The van der Waals surface area contributed by atoms with E-state index in [4.69, 9.17) is 17.3 Å². The Morgan fingerprint density at radius 2 is 1.93 bits per heavy atom. The average molecular weight is 566 g/mol. The van der Waals surface area contributed by atoms with Crippen molar-refractivity contribution in [3.05, 3.63) is 75.3 Å². The maximum absolute atomic E-state index is 13.6. The summed E-state index contributed by atoms with van der Waals surface area (Å²) in [5, 5.41) is 16.8. The molecular weight excluding hydrogens is 537 g/mol. The lowest BCUT2D eigenvalue weighted by Gasteiger charge is -2.09. The molecule has 0 atom stereocenters. The zero-order chi connectivity index (χ0) is 28.8. The van der Waals surface area contributed by atoms with Gasteiger partial charge in [-0.05, 0) is 68.7 Å². The number of carbonyl (C=O) groups is 3. The number of anilines is 3. The van der Waals surface area contributed by atoms with Crippen molar-refractivity contribution in [1.82, 2.24) is 10.3 Å². The summed E-state index contributed by atoms with van der Waals surface area (Å²) in [4.78, 5) is 40.3. The van der Waals surface area contributed by atoms with Gasteiger partial charge in [-0.2, -0.15) is 5.10 Å². The molecule has 12 heteroatoms. The summed E-state index contributed by atoms with van der Waals surface area (Å²) in [6, 6.07) is 8.85. The van der Waals surface area contributed by atoms with Gasteiger partial charge in [0.05, 0.1) is 34.5 Å². The lowest BCUT2D eigenvalue weighted by atomic mass is 10.1. The summed E-state index contributed by atoms with van der Waals surface area (Å²) >= 11 is 5.87. The Morgan fingerprint density at radius 3 is 2.70 bits per heavy atom. The Kier molecular flexibility index (Phi) is 8.95. The predicted molar refractivity (Wildman–Crippen MR) is 155 cm³/mol. The highest BCUT2D eigenvalue weighted by Gasteiger charge is 2.26. The summed E-state index contributed by atoms with van der Waals surface area (Å²) in [5.74, 6) is -1.32. The van der Waals surface area contributed by atoms with E-state index in [2.05, 4.69) is 31.1 Å². The third kappa shape index (κ3) is 6.73. The van der Waals surface area contributed by atoms with E-state index in [0.29, 0.717) is 76.0 Å². The van der Waals surface area contributed by atoms with Gasteiger partial charge in [0.25, 0.3) is 11.8 Å². The molecule has 0 spiro atoms. The Balaban J connectivity index is 1.25. The number of amides is 3. The summed E-state index contributed by atoms with van der Waals surface area (Å²) in [7, 11) is 0. The van der Waals surface area contributed by atoms with Crippen LogP contribution in [0.25, 0.3) is 0 Å². The van der Waals surface area contributed by atoms with Crippen LogP contribution in [0, 0.1) is 19.7 Å². The Hall–Kier alpha value is -4.51. The normalized spacial score (nSPS) is 13.5. The van der Waals surface area contributed by atoms with Gasteiger partial charge in [-0.15, -0.1) is 5.10 Å². The number of fused-ring (bicyclic) bond motifs is 1. The van der Waals surface area contributed by atoms with Gasteiger partial charge in [-0.3, -0.25) is 14.4 Å². The van der Waals surface area contributed by atoms with Crippen molar-refractivity contribution in [2.75, 3.05) is 22.9 Å². The largest absolute Gasteiger partial charge is 0.397 e. The summed E-state index contributed by atoms with van der Waals surface area (Å²) < 4.78 is 13.6. The smallest absolute Gasteiger partial charge is 0.276 e. The monoisotopic (exact) mass is 565 g/mol. The van der Waals surface area contributed by atoms with Gasteiger partial charge in [0.1, 0.15) is 5.82 Å². The van der Waals surface area contributed by atoms with Gasteiger partial charge < -0.3 is 26.7 Å². The first-order valence-corrected chi connectivity index (χ1v) is 13.1. The van der Waals surface area contributed by atoms with E-state index in [-0.39, 0.29) is 17.5 Å². The number of nitrogens with two attached hydrogens (primary N) is 1. The van der Waals surface area contributed by atoms with Crippen molar-refractivity contribution in [3.8, 4) is 0 Å². The van der Waals surface area contributed by atoms with Crippen LogP contribution < -0.4 is 21.7 Å². The van der Waals surface area contributed by atoms with Crippen LogP contribution in [0.15, 0.2) is 46.6 Å². The molecule has 1 aliphatic rings. The van der Waals surface area contributed by atoms with Crippen LogP contribution in [-0.2, 0) is 9.59 Å². The van der Waals surface area contributed by atoms with Crippen LogP contribution in [-0.4, -0.2) is 41.2 Å². The fourth-order valence-corrected chi connectivity index (χ4v) is 4.53. The number of benzene rings is 2. The molecule has 208 valence electrons. The molecule has 1 aromatic heterocycles. The maximum atomic E-state index is 13.6. The molecule has 1 aliphatic heterocycles. The Morgan fingerprint density at radius 1 is 1.12 bits per heavy atom. The van der Waals surface area contributed by atoms with Gasteiger partial charge in [-0.1, -0.05) is 18.0 Å². The number of H-pyrrole nitrogens is 1. The van der Waals surface area contributed by atoms with Gasteiger partial charge >= 0.3 is 0 Å². The van der Waals surface area contributed by atoms with Crippen LogP contribution in [0.2, 0.25) is 5.02 Å². The molecule has 0 radical (unpaired) electrons. The molecule has 6 N–H and O–H groups in total. The second kappa shape index (κ2) is 12.6. The highest BCUT2D eigenvalue weighted by Crippen LogP contribution is 2.25. The van der Waals surface area contributed by atoms with Crippen LogP contribution >= 0.6 is 11.6 Å². The molecule has 0 saturated heterocycles. The minimum absolute atomic E-state index is 0.0104. The first-order valence-electron chi connectivity index (χ1n) is 12.7. The van der Waals surface area contributed by atoms with Gasteiger partial charge in [0, 0.05) is 29.2 Å². The molecular formula is C28H29ClFN7O3. The molecule has 0 unspecified atom stereocenters. The lowest BCUT2D eigenvalue weighted by molar-refractivity contribution is -0.116. The van der Waals surface area contributed by atoms with Gasteiger partial charge in [-0.25, -0.2) is 4.39 Å². The van der Waals surface area contributed by atoms with E-state index in [1.54, 1.807) is 32.0 Å². The van der Waals surface area contributed by atoms with Crippen molar-refractivity contribution in [2.45, 2.75) is 39.5 Å². The van der Waals surface area contributed by atoms with Gasteiger partial charge in [0.15, 0.2) is 5.71 Å². The SMILES string of the molecule is Cc1[nH]c(/C=N/N=C2\C(=O)Nc3ccc(F)cc32)c(C)c1C(=O)NCCCCCC(=O)Nc1ccc(Cl)cc1N. The molecule has 3 aromatic rings. The number of nitrogens with one attached hydrogen (secondary N) is 4. The first kappa shape index (κ1) is 28.5. The van der Waals surface area contributed by atoms with E-state index in [9.17, 15) is 18.8 Å². The van der Waals surface area contributed by atoms with E-state index in [0.717, 1.165) is 6.42 Å². The topological polar surface area (TPSA) is 154 Å². The van der Waals surface area contributed by atoms with Crippen molar-refractivity contribution in [2.24, 2.45) is 10.2 Å². The van der Waals surface area contributed by atoms with E-state index in [1.807, 2.05) is 0 Å². The number of nitrogens with zero attached hydrogens (tertiary/aromatic N) is 2. The van der Waals surface area contributed by atoms with Crippen molar-refractivity contribution >= 4 is 58.3 Å². The van der Waals surface area contributed by atoms with Crippen molar-refractivity contribution in [3.63, 3.8) is 0 Å². The zero-order valence-corrected chi connectivity index (χ0v) is 22.8. The zero-order valence-electron chi connectivity index (χ0n) is 22.0. The van der Waals surface area contributed by atoms with Crippen LogP contribution in [0.5, 0.6) is 0 Å². The molecule has 3 amide bonds. The van der Waals surface area contributed by atoms with Gasteiger partial charge in [0.2, 0.25) is 5.91 Å². The van der Waals surface area contributed by atoms with Crippen LogP contribution in [0.4, 0.5) is 21.5 Å². The number of hydrogen-bond acceptors (Lipinski definition) is 6. The minimum atomic E-state index is -0.483. The summed E-state index contributed by atoms with van der Waals surface area (Å²) in [6.45, 7) is 4.02. The number of carbonyl (C=O) groups excluding carboxylic acids is 3. The number of hydrogen-bond donors (Lipinski definition) is 5. The molecule has 0 aliphatic carbocycles. The summed E-state index contributed by atoms with van der Waals surface area (Å²) in [6.07, 6.45) is 3.88. The maximum Gasteiger partial charge on any atom is 0.276 e. The number of unbranched alkanes of at least 4 members (excludes halogenated alkanes) is 2. The fraction of sp³-hybridized carbons (Fsp3) is 0.250. The molecule has 2 heterocycles. The molecule has 0 saturated carbocycles. The predicted octanol–water partition coefficient (Wildman–Crippen LogP) is 4.71. The molecule has 2 aromatic carbocycles. The number of aromatic amines is 1. The van der Waals surface area contributed by atoms with E-state index >= 15 is 0 Å². The van der Waals surface area contributed by atoms with Crippen LogP contribution in [0.3, 0.4) is 0 Å². The standard InChI is InChI=1S/C28H29ClFN7O3/c1-15-23(14-33-37-26-19-13-18(30)8-10-21(19)36-28(26)40)34-16(2)25(15)27(39)32-11-5-3-4-6-24(38)35-22-9-7-17(29)12-20(22)31/h7-10,12-14,34H,3-6,11,31H2,1-2H3,(H,32,39)(H,35,38)(H,36,37,40)/b33-14+. The third-order valence-electron chi connectivity index (χ3n) is 6.40. The minimum Gasteiger partial charge on any atom is -0.397 e. The second-order valence-electron chi connectivity index (χ2n) is 9.35. The van der Waals surface area contributed by atoms with Crippen molar-refractivity contribution < 1.29 is 18.8 Å². The number of nitrogen functional groups attached to an aromatic ring is 1. The average Bonchev–Trinajstić information content (AvgIpc) is 3.36. The number of aromatic nitrogens is 1. The molecule has 10 nitrogen and oxygen atoms in total. The lowest BCUT2D eigenvalue weighted by Crippen LogP contribution is -2.25.